The second kappa shape index (κ2) is 8.73. The Morgan fingerprint density at radius 2 is 1.50 bits per heavy atom. The lowest BCUT2D eigenvalue weighted by Gasteiger charge is -2.11. The number of ether oxygens (including phenoxy) is 3. The van der Waals surface area contributed by atoms with Gasteiger partial charge >= 0.3 is 11.9 Å². The number of methoxy groups -OCH3 is 2. The molecule has 0 saturated carbocycles. The van der Waals surface area contributed by atoms with Gasteiger partial charge in [-0.05, 0) is 47.2 Å². The third-order valence-electron chi connectivity index (χ3n) is 3.96. The summed E-state index contributed by atoms with van der Waals surface area (Å²) in [6.07, 6.45) is 1.03. The minimum absolute atomic E-state index is 0.0300. The number of rotatable bonds is 6. The van der Waals surface area contributed by atoms with E-state index in [1.807, 2.05) is 42.5 Å². The number of anilines is 1. The molecule has 0 heterocycles. The van der Waals surface area contributed by atoms with Crippen molar-refractivity contribution in [3.05, 3.63) is 78.5 Å². The summed E-state index contributed by atoms with van der Waals surface area (Å²) in [6.45, 7) is 0. The predicted octanol–water partition coefficient (Wildman–Crippen LogP) is 4.27. The molecule has 0 aliphatic heterocycles. The molecule has 0 atom stereocenters. The Morgan fingerprint density at radius 1 is 0.821 bits per heavy atom. The van der Waals surface area contributed by atoms with Gasteiger partial charge in [0.05, 0.1) is 20.3 Å². The number of fused-ring (bicyclic) bond motifs is 1. The van der Waals surface area contributed by atoms with Gasteiger partial charge in [0.2, 0.25) is 0 Å². The fourth-order valence-corrected chi connectivity index (χ4v) is 2.56. The van der Waals surface area contributed by atoms with E-state index in [-0.39, 0.29) is 5.70 Å². The normalized spacial score (nSPS) is 11.0. The summed E-state index contributed by atoms with van der Waals surface area (Å²) >= 11 is 0. The van der Waals surface area contributed by atoms with Crippen molar-refractivity contribution in [2.24, 2.45) is 0 Å². The Morgan fingerprint density at radius 3 is 2.18 bits per heavy atom. The Hall–Kier alpha value is -3.80. The van der Waals surface area contributed by atoms with Crippen LogP contribution < -0.4 is 10.1 Å². The maximum absolute atomic E-state index is 11.8. The monoisotopic (exact) mass is 377 g/mol. The number of esters is 2. The average Bonchev–Trinajstić information content (AvgIpc) is 2.73. The zero-order valence-corrected chi connectivity index (χ0v) is 15.5. The molecule has 0 bridgehead atoms. The van der Waals surface area contributed by atoms with Crippen molar-refractivity contribution in [2.45, 2.75) is 0 Å². The number of hydrogen-bond donors (Lipinski definition) is 1. The van der Waals surface area contributed by atoms with E-state index in [0.717, 1.165) is 22.6 Å². The van der Waals surface area contributed by atoms with Crippen LogP contribution in [0.15, 0.2) is 78.5 Å². The predicted molar refractivity (Wildman–Crippen MR) is 106 cm³/mol. The van der Waals surface area contributed by atoms with Crippen molar-refractivity contribution in [3.63, 3.8) is 0 Å². The smallest absolute Gasteiger partial charge is 0.354 e. The molecular weight excluding hydrogens is 358 g/mol. The number of hydrogen-bond acceptors (Lipinski definition) is 6. The third kappa shape index (κ3) is 4.67. The van der Waals surface area contributed by atoms with Gasteiger partial charge in [0.25, 0.3) is 0 Å². The molecule has 0 aliphatic carbocycles. The van der Waals surface area contributed by atoms with E-state index >= 15 is 0 Å². The lowest BCUT2D eigenvalue weighted by Crippen LogP contribution is -2.15. The summed E-state index contributed by atoms with van der Waals surface area (Å²) in [5.41, 5.74) is 0.559. The number of nitrogens with one attached hydrogen (secondary N) is 1. The molecule has 0 unspecified atom stereocenters. The first-order valence-electron chi connectivity index (χ1n) is 8.51. The third-order valence-corrected chi connectivity index (χ3v) is 3.96. The van der Waals surface area contributed by atoms with Gasteiger partial charge in [0.15, 0.2) is 0 Å². The highest BCUT2D eigenvalue weighted by Gasteiger charge is 2.12. The van der Waals surface area contributed by atoms with Crippen molar-refractivity contribution in [3.8, 4) is 11.5 Å². The van der Waals surface area contributed by atoms with Gasteiger partial charge in [0.1, 0.15) is 17.2 Å². The zero-order chi connectivity index (χ0) is 19.9. The first-order valence-corrected chi connectivity index (χ1v) is 8.51. The van der Waals surface area contributed by atoms with Gasteiger partial charge in [-0.25, -0.2) is 9.59 Å². The second-order valence-electron chi connectivity index (χ2n) is 5.83. The summed E-state index contributed by atoms with van der Waals surface area (Å²) in [4.78, 5) is 23.2. The van der Waals surface area contributed by atoms with Crippen LogP contribution in [0.3, 0.4) is 0 Å². The van der Waals surface area contributed by atoms with Crippen molar-refractivity contribution >= 4 is 28.4 Å². The summed E-state index contributed by atoms with van der Waals surface area (Å²) < 4.78 is 15.1. The fourth-order valence-electron chi connectivity index (χ4n) is 2.56. The molecule has 0 fully saturated rings. The van der Waals surface area contributed by atoms with Gasteiger partial charge in [-0.3, -0.25) is 0 Å². The Kier molecular flexibility index (Phi) is 5.91. The van der Waals surface area contributed by atoms with Crippen LogP contribution in [0, 0.1) is 0 Å². The van der Waals surface area contributed by atoms with Crippen LogP contribution >= 0.6 is 0 Å². The SMILES string of the molecule is COC(=O)/C=C(/Nc1ccc(Oc2ccc3ccccc3c2)cc1)C(=O)OC. The molecule has 3 aromatic carbocycles. The van der Waals surface area contributed by atoms with E-state index < -0.39 is 11.9 Å². The van der Waals surface area contributed by atoms with Crippen LogP contribution in [0.25, 0.3) is 10.8 Å². The molecule has 0 spiro atoms. The van der Waals surface area contributed by atoms with Crippen molar-refractivity contribution in [2.75, 3.05) is 19.5 Å². The van der Waals surface area contributed by atoms with Crippen LogP contribution in [0.4, 0.5) is 5.69 Å². The van der Waals surface area contributed by atoms with E-state index in [2.05, 4.69) is 14.8 Å². The molecule has 0 aliphatic rings. The molecule has 0 saturated heterocycles. The Labute approximate surface area is 162 Å². The fraction of sp³-hybridized carbons (Fsp3) is 0.0909. The highest BCUT2D eigenvalue weighted by atomic mass is 16.5. The molecule has 0 amide bonds. The lowest BCUT2D eigenvalue weighted by molar-refractivity contribution is -0.138. The van der Waals surface area contributed by atoms with Crippen molar-refractivity contribution < 1.29 is 23.8 Å². The molecular formula is C22H19NO5. The standard InChI is InChI=1S/C22H19NO5/c1-26-21(24)14-20(22(25)27-2)23-17-8-11-18(12-9-17)28-19-10-7-15-5-3-4-6-16(15)13-19/h3-14,23H,1-2H3/b20-14+. The molecule has 0 radical (unpaired) electrons. The van der Waals surface area contributed by atoms with Gasteiger partial charge in [-0.15, -0.1) is 0 Å². The molecule has 6 heteroatoms. The molecule has 3 rings (SSSR count). The summed E-state index contributed by atoms with van der Waals surface area (Å²) in [5, 5.41) is 5.07. The zero-order valence-electron chi connectivity index (χ0n) is 15.5. The maximum atomic E-state index is 11.8. The first kappa shape index (κ1) is 19.0. The van der Waals surface area contributed by atoms with E-state index in [1.54, 1.807) is 24.3 Å². The molecule has 28 heavy (non-hydrogen) atoms. The first-order chi connectivity index (χ1) is 13.6. The van der Waals surface area contributed by atoms with Crippen LogP contribution in [-0.2, 0) is 19.1 Å². The number of carbonyl (C=O) groups excluding carboxylic acids is 2. The van der Waals surface area contributed by atoms with Gasteiger partial charge < -0.3 is 19.5 Å². The minimum Gasteiger partial charge on any atom is -0.466 e. The Balaban J connectivity index is 1.73. The average molecular weight is 377 g/mol. The Bertz CT molecular complexity index is 1020. The number of benzene rings is 3. The number of carbonyl (C=O) groups is 2. The van der Waals surface area contributed by atoms with Crippen molar-refractivity contribution in [1.82, 2.24) is 0 Å². The summed E-state index contributed by atoms with van der Waals surface area (Å²) in [6, 6.07) is 20.9. The largest absolute Gasteiger partial charge is 0.466 e. The molecule has 6 nitrogen and oxygen atoms in total. The van der Waals surface area contributed by atoms with Crippen LogP contribution in [0.5, 0.6) is 11.5 Å². The highest BCUT2D eigenvalue weighted by molar-refractivity contribution is 5.98. The minimum atomic E-state index is -0.679. The maximum Gasteiger partial charge on any atom is 0.354 e. The molecule has 3 aromatic rings. The van der Waals surface area contributed by atoms with Gasteiger partial charge in [-0.1, -0.05) is 30.3 Å². The van der Waals surface area contributed by atoms with Crippen LogP contribution in [0.1, 0.15) is 0 Å². The second-order valence-corrected chi connectivity index (χ2v) is 5.83. The molecule has 0 aromatic heterocycles. The van der Waals surface area contributed by atoms with E-state index in [4.69, 9.17) is 4.74 Å². The van der Waals surface area contributed by atoms with Gasteiger partial charge in [0, 0.05) is 5.69 Å². The molecule has 1 N–H and O–H groups in total. The summed E-state index contributed by atoms with van der Waals surface area (Å²) in [5.74, 6) is 0.0173. The quantitative estimate of drug-likeness (QED) is 0.511. The highest BCUT2D eigenvalue weighted by Crippen LogP contribution is 2.26. The van der Waals surface area contributed by atoms with Crippen LogP contribution in [0.2, 0.25) is 0 Å². The summed E-state index contributed by atoms with van der Waals surface area (Å²) in [7, 11) is 2.46. The van der Waals surface area contributed by atoms with Crippen LogP contribution in [-0.4, -0.2) is 26.2 Å². The van der Waals surface area contributed by atoms with Gasteiger partial charge in [-0.2, -0.15) is 0 Å². The van der Waals surface area contributed by atoms with E-state index in [0.29, 0.717) is 11.4 Å². The van der Waals surface area contributed by atoms with Crippen molar-refractivity contribution in [1.29, 1.82) is 0 Å². The lowest BCUT2D eigenvalue weighted by atomic mass is 10.1. The topological polar surface area (TPSA) is 73.9 Å². The molecule has 142 valence electrons. The van der Waals surface area contributed by atoms with E-state index in [9.17, 15) is 9.59 Å². The van der Waals surface area contributed by atoms with E-state index in [1.165, 1.54) is 14.2 Å².